The van der Waals surface area contributed by atoms with E-state index < -0.39 is 0 Å². The van der Waals surface area contributed by atoms with E-state index in [1.165, 1.54) is 7.11 Å². The lowest BCUT2D eigenvalue weighted by Crippen LogP contribution is -2.08. The molecule has 0 aliphatic rings. The molecule has 0 radical (unpaired) electrons. The number of methoxy groups -OCH3 is 1. The number of nitrogens with one attached hydrogen (secondary N) is 1. The van der Waals surface area contributed by atoms with Crippen molar-refractivity contribution in [3.05, 3.63) is 15.9 Å². The van der Waals surface area contributed by atoms with Gasteiger partial charge in [0.15, 0.2) is 0 Å². The minimum atomic E-state index is -0.192. The molecule has 0 amide bonds. The number of halogens is 1. The Morgan fingerprint density at radius 2 is 2.54 bits per heavy atom. The molecule has 0 saturated heterocycles. The Morgan fingerprint density at radius 1 is 1.77 bits per heavy atom. The van der Waals surface area contributed by atoms with Crippen LogP contribution in [0.25, 0.3) is 0 Å². The van der Waals surface area contributed by atoms with Crippen LogP contribution in [0.4, 0.5) is 5.00 Å². The molecule has 1 N–H and O–H groups in total. The highest BCUT2D eigenvalue weighted by Crippen LogP contribution is 2.24. The standard InChI is InChI=1S/C8H10BrNO2S/c1-12-8(11)2-3-10-7-4-6(9)5-13-7/h4-5,10H,2-3H2,1H3. The Hall–Kier alpha value is -0.550. The molecule has 1 aromatic rings. The van der Waals surface area contributed by atoms with Crippen molar-refractivity contribution in [1.82, 2.24) is 0 Å². The molecule has 0 atom stereocenters. The van der Waals surface area contributed by atoms with Crippen molar-refractivity contribution in [3.63, 3.8) is 0 Å². The molecule has 0 unspecified atom stereocenters. The van der Waals surface area contributed by atoms with E-state index in [1.54, 1.807) is 11.3 Å². The first kappa shape index (κ1) is 10.5. The van der Waals surface area contributed by atoms with E-state index in [1.807, 2.05) is 11.4 Å². The van der Waals surface area contributed by atoms with Crippen molar-refractivity contribution in [3.8, 4) is 0 Å². The van der Waals surface area contributed by atoms with Gasteiger partial charge in [0.1, 0.15) is 0 Å². The zero-order valence-electron chi connectivity index (χ0n) is 7.17. The average molecular weight is 264 g/mol. The van der Waals surface area contributed by atoms with Gasteiger partial charge < -0.3 is 10.1 Å². The predicted molar refractivity (Wildman–Crippen MR) is 57.1 cm³/mol. The second-order valence-corrected chi connectivity index (χ2v) is 4.21. The molecule has 0 bridgehead atoms. The van der Waals surface area contributed by atoms with Crippen LogP contribution in [0.3, 0.4) is 0 Å². The number of carbonyl (C=O) groups is 1. The molecule has 3 nitrogen and oxygen atoms in total. The number of carbonyl (C=O) groups excluding carboxylic acids is 1. The van der Waals surface area contributed by atoms with Crippen LogP contribution in [-0.4, -0.2) is 19.6 Å². The number of hydrogen-bond acceptors (Lipinski definition) is 4. The SMILES string of the molecule is COC(=O)CCNc1cc(Br)cs1. The minimum Gasteiger partial charge on any atom is -0.469 e. The van der Waals surface area contributed by atoms with E-state index in [2.05, 4.69) is 26.0 Å². The molecule has 0 spiro atoms. The number of rotatable bonds is 4. The highest BCUT2D eigenvalue weighted by atomic mass is 79.9. The number of hydrogen-bond donors (Lipinski definition) is 1. The van der Waals surface area contributed by atoms with Crippen LogP contribution < -0.4 is 5.32 Å². The summed E-state index contributed by atoms with van der Waals surface area (Å²) in [5.74, 6) is -0.192. The Morgan fingerprint density at radius 3 is 3.08 bits per heavy atom. The molecule has 1 aromatic heterocycles. The molecule has 72 valence electrons. The van der Waals surface area contributed by atoms with Crippen molar-refractivity contribution >= 4 is 38.2 Å². The van der Waals surface area contributed by atoms with Gasteiger partial charge in [-0.15, -0.1) is 11.3 Å². The highest BCUT2D eigenvalue weighted by Gasteiger charge is 2.00. The second-order valence-electron chi connectivity index (χ2n) is 2.38. The zero-order chi connectivity index (χ0) is 9.68. The van der Waals surface area contributed by atoms with Gasteiger partial charge in [0, 0.05) is 16.4 Å². The Labute approximate surface area is 89.2 Å². The maximum Gasteiger partial charge on any atom is 0.307 e. The van der Waals surface area contributed by atoms with E-state index in [0.29, 0.717) is 13.0 Å². The zero-order valence-corrected chi connectivity index (χ0v) is 9.57. The lowest BCUT2D eigenvalue weighted by Gasteiger charge is -2.01. The third-order valence-corrected chi connectivity index (χ3v) is 3.07. The number of anilines is 1. The average Bonchev–Trinajstić information content (AvgIpc) is 2.51. The van der Waals surface area contributed by atoms with Crippen molar-refractivity contribution in [2.24, 2.45) is 0 Å². The molecule has 1 heterocycles. The van der Waals surface area contributed by atoms with Crippen LogP contribution in [0.1, 0.15) is 6.42 Å². The fourth-order valence-corrected chi connectivity index (χ4v) is 2.14. The molecule has 5 heteroatoms. The summed E-state index contributed by atoms with van der Waals surface area (Å²) in [5.41, 5.74) is 0. The highest BCUT2D eigenvalue weighted by molar-refractivity contribution is 9.10. The smallest absolute Gasteiger partial charge is 0.307 e. The summed E-state index contributed by atoms with van der Waals surface area (Å²) in [4.78, 5) is 10.7. The fourth-order valence-electron chi connectivity index (χ4n) is 0.796. The minimum absolute atomic E-state index is 0.192. The third-order valence-electron chi connectivity index (χ3n) is 1.42. The van der Waals surface area contributed by atoms with Crippen LogP contribution in [0.15, 0.2) is 15.9 Å². The first-order valence-corrected chi connectivity index (χ1v) is 5.44. The van der Waals surface area contributed by atoms with Crippen LogP contribution in [0, 0.1) is 0 Å². The summed E-state index contributed by atoms with van der Waals surface area (Å²) in [7, 11) is 1.39. The predicted octanol–water partition coefficient (Wildman–Crippen LogP) is 2.49. The Bertz CT molecular complexity index is 287. The summed E-state index contributed by atoms with van der Waals surface area (Å²) < 4.78 is 5.56. The summed E-state index contributed by atoms with van der Waals surface area (Å²) >= 11 is 4.94. The number of thiophene rings is 1. The van der Waals surface area contributed by atoms with Gasteiger partial charge in [0.25, 0.3) is 0 Å². The summed E-state index contributed by atoms with van der Waals surface area (Å²) in [6.07, 6.45) is 0.395. The van der Waals surface area contributed by atoms with Gasteiger partial charge in [0.2, 0.25) is 0 Å². The summed E-state index contributed by atoms with van der Waals surface area (Å²) in [6, 6.07) is 1.97. The van der Waals surface area contributed by atoms with Crippen LogP contribution in [0.5, 0.6) is 0 Å². The fraction of sp³-hybridized carbons (Fsp3) is 0.375. The van der Waals surface area contributed by atoms with Gasteiger partial charge in [-0.25, -0.2) is 0 Å². The molecule has 0 aliphatic heterocycles. The van der Waals surface area contributed by atoms with Gasteiger partial charge in [0.05, 0.1) is 18.5 Å². The first-order chi connectivity index (χ1) is 6.22. The largest absolute Gasteiger partial charge is 0.469 e. The van der Waals surface area contributed by atoms with Gasteiger partial charge in [-0.3, -0.25) is 4.79 Å². The van der Waals surface area contributed by atoms with Gasteiger partial charge >= 0.3 is 5.97 Å². The number of esters is 1. The van der Waals surface area contributed by atoms with E-state index in [-0.39, 0.29) is 5.97 Å². The molecule has 13 heavy (non-hydrogen) atoms. The molecule has 0 aromatic carbocycles. The number of ether oxygens (including phenoxy) is 1. The molecule has 0 aliphatic carbocycles. The van der Waals surface area contributed by atoms with Crippen LogP contribution in [0.2, 0.25) is 0 Å². The van der Waals surface area contributed by atoms with Crippen molar-refractivity contribution < 1.29 is 9.53 Å². The normalized spacial score (nSPS) is 9.69. The van der Waals surface area contributed by atoms with Crippen molar-refractivity contribution in [2.75, 3.05) is 19.0 Å². The van der Waals surface area contributed by atoms with E-state index >= 15 is 0 Å². The monoisotopic (exact) mass is 263 g/mol. The van der Waals surface area contributed by atoms with Crippen molar-refractivity contribution in [2.45, 2.75) is 6.42 Å². The molecule has 0 fully saturated rings. The van der Waals surface area contributed by atoms with E-state index in [0.717, 1.165) is 9.47 Å². The van der Waals surface area contributed by atoms with Crippen LogP contribution in [-0.2, 0) is 9.53 Å². The van der Waals surface area contributed by atoms with Crippen molar-refractivity contribution in [1.29, 1.82) is 0 Å². The quantitative estimate of drug-likeness (QED) is 0.849. The molecular formula is C8H10BrNO2S. The lowest BCUT2D eigenvalue weighted by atomic mass is 10.4. The van der Waals surface area contributed by atoms with E-state index in [9.17, 15) is 4.79 Å². The van der Waals surface area contributed by atoms with Gasteiger partial charge in [-0.1, -0.05) is 0 Å². The second kappa shape index (κ2) is 5.24. The molecule has 1 rings (SSSR count). The first-order valence-electron chi connectivity index (χ1n) is 3.77. The molecule has 0 saturated carbocycles. The third kappa shape index (κ3) is 3.78. The van der Waals surface area contributed by atoms with Gasteiger partial charge in [-0.05, 0) is 22.0 Å². The maximum atomic E-state index is 10.7. The summed E-state index contributed by atoms with van der Waals surface area (Å²) in [5, 5.41) is 6.16. The van der Waals surface area contributed by atoms with E-state index in [4.69, 9.17) is 0 Å². The summed E-state index contributed by atoms with van der Waals surface area (Å²) in [6.45, 7) is 0.611. The maximum absolute atomic E-state index is 10.7. The Balaban J connectivity index is 2.24. The van der Waals surface area contributed by atoms with Gasteiger partial charge in [-0.2, -0.15) is 0 Å². The van der Waals surface area contributed by atoms with Crippen LogP contribution >= 0.6 is 27.3 Å². The lowest BCUT2D eigenvalue weighted by molar-refractivity contribution is -0.140. The Kier molecular flexibility index (Phi) is 4.24. The topological polar surface area (TPSA) is 38.3 Å². The molecular weight excluding hydrogens is 254 g/mol.